The van der Waals surface area contributed by atoms with Crippen LogP contribution in [0, 0.1) is 6.92 Å². The molecule has 24 heavy (non-hydrogen) atoms. The van der Waals surface area contributed by atoms with E-state index in [1.54, 1.807) is 11.3 Å². The molecule has 1 aliphatic rings. The quantitative estimate of drug-likeness (QED) is 0.677. The first kappa shape index (κ1) is 15.3. The minimum Gasteiger partial charge on any atom is -0.507 e. The Morgan fingerprint density at radius 2 is 2.25 bits per heavy atom. The summed E-state index contributed by atoms with van der Waals surface area (Å²) in [5.74, 6) is 0.768. The molecule has 1 fully saturated rings. The lowest BCUT2D eigenvalue weighted by Gasteiger charge is -2.12. The predicted molar refractivity (Wildman–Crippen MR) is 96.6 cm³/mol. The van der Waals surface area contributed by atoms with E-state index in [0.29, 0.717) is 23.2 Å². The largest absolute Gasteiger partial charge is 0.507 e. The van der Waals surface area contributed by atoms with Gasteiger partial charge in [-0.1, -0.05) is 0 Å². The third-order valence-corrected chi connectivity index (χ3v) is 5.27. The van der Waals surface area contributed by atoms with Crippen molar-refractivity contribution in [1.29, 1.82) is 0 Å². The molecule has 1 aliphatic heterocycles. The van der Waals surface area contributed by atoms with E-state index in [9.17, 15) is 5.11 Å². The molecule has 3 N–H and O–H groups in total. The van der Waals surface area contributed by atoms with E-state index < -0.39 is 0 Å². The third kappa shape index (κ3) is 2.81. The number of phenols is 1. The van der Waals surface area contributed by atoms with Gasteiger partial charge < -0.3 is 15.7 Å². The summed E-state index contributed by atoms with van der Waals surface area (Å²) in [5, 5.41) is 28.5. The second-order valence-corrected chi connectivity index (χ2v) is 6.99. The molecule has 1 saturated heterocycles. The molecule has 0 saturated carbocycles. The van der Waals surface area contributed by atoms with Gasteiger partial charge in [0, 0.05) is 28.2 Å². The lowest BCUT2D eigenvalue weighted by molar-refractivity contribution is 0.483. The second-order valence-electron chi connectivity index (χ2n) is 6.04. The van der Waals surface area contributed by atoms with Crippen molar-refractivity contribution in [2.24, 2.45) is 0 Å². The maximum atomic E-state index is 10.5. The number of anilines is 1. The monoisotopic (exact) mass is 341 g/mol. The van der Waals surface area contributed by atoms with Crippen molar-refractivity contribution in [3.63, 3.8) is 0 Å². The zero-order valence-corrected chi connectivity index (χ0v) is 14.2. The number of nitrogens with zero attached hydrogens (tertiary/aromatic N) is 3. The Morgan fingerprint density at radius 3 is 3.04 bits per heavy atom. The van der Waals surface area contributed by atoms with Gasteiger partial charge in [-0.25, -0.2) is 4.98 Å². The summed E-state index contributed by atoms with van der Waals surface area (Å²) in [6.07, 6.45) is 2.39. The first-order valence-corrected chi connectivity index (χ1v) is 8.98. The maximum absolute atomic E-state index is 10.5. The second kappa shape index (κ2) is 6.33. The van der Waals surface area contributed by atoms with Gasteiger partial charge >= 0.3 is 0 Å². The summed E-state index contributed by atoms with van der Waals surface area (Å²) in [6, 6.07) is 6.26. The van der Waals surface area contributed by atoms with Gasteiger partial charge in [0.05, 0.1) is 5.69 Å². The fourth-order valence-electron chi connectivity index (χ4n) is 3.09. The Hall–Kier alpha value is -2.25. The van der Waals surface area contributed by atoms with Crippen molar-refractivity contribution in [2.75, 3.05) is 18.4 Å². The molecule has 0 aliphatic carbocycles. The van der Waals surface area contributed by atoms with E-state index in [-0.39, 0.29) is 5.75 Å². The summed E-state index contributed by atoms with van der Waals surface area (Å²) >= 11 is 1.60. The number of nitrogens with one attached hydrogen (secondary N) is 2. The molecule has 4 rings (SSSR count). The van der Waals surface area contributed by atoms with Crippen molar-refractivity contribution in [3.8, 4) is 17.0 Å². The van der Waals surface area contributed by atoms with Crippen LogP contribution in [0.15, 0.2) is 23.6 Å². The molecule has 1 atom stereocenters. The molecule has 7 heteroatoms. The molecular formula is C17H19N5OS. The van der Waals surface area contributed by atoms with Crippen LogP contribution in [-0.4, -0.2) is 39.4 Å². The number of aromatic nitrogens is 3. The molecule has 1 aromatic carbocycles. The van der Waals surface area contributed by atoms with Crippen molar-refractivity contribution >= 4 is 27.4 Å². The number of thiophene rings is 1. The molecule has 3 aromatic rings. The summed E-state index contributed by atoms with van der Waals surface area (Å²) in [4.78, 5) is 4.50. The highest BCUT2D eigenvalue weighted by Gasteiger charge is 2.16. The Balaban J connectivity index is 1.59. The molecule has 3 heterocycles. The van der Waals surface area contributed by atoms with Gasteiger partial charge in [0.25, 0.3) is 0 Å². The van der Waals surface area contributed by atoms with Gasteiger partial charge in [-0.3, -0.25) is 0 Å². The minimum absolute atomic E-state index is 0.240. The van der Waals surface area contributed by atoms with Crippen LogP contribution in [0.3, 0.4) is 0 Å². The SMILES string of the molecule is Cc1nc(NC[C@@H]2CCCN2)nnc1-c1ccc2sccc2c1O. The van der Waals surface area contributed by atoms with Crippen LogP contribution in [0.4, 0.5) is 5.95 Å². The highest BCUT2D eigenvalue weighted by molar-refractivity contribution is 7.17. The fraction of sp³-hybridized carbons (Fsp3) is 0.353. The molecule has 124 valence electrons. The summed E-state index contributed by atoms with van der Waals surface area (Å²) in [5.41, 5.74) is 2.03. The van der Waals surface area contributed by atoms with Crippen LogP contribution in [0.2, 0.25) is 0 Å². The van der Waals surface area contributed by atoms with Crippen molar-refractivity contribution < 1.29 is 5.11 Å². The van der Waals surface area contributed by atoms with Gasteiger partial charge in [0.1, 0.15) is 11.4 Å². The molecule has 0 unspecified atom stereocenters. The van der Waals surface area contributed by atoms with Crippen LogP contribution < -0.4 is 10.6 Å². The number of hydrogen-bond acceptors (Lipinski definition) is 7. The first-order chi connectivity index (χ1) is 11.7. The normalized spacial score (nSPS) is 17.5. The number of rotatable bonds is 4. The highest BCUT2D eigenvalue weighted by Crippen LogP contribution is 2.37. The zero-order chi connectivity index (χ0) is 16.5. The molecule has 0 spiro atoms. The average Bonchev–Trinajstić information content (AvgIpc) is 3.26. The van der Waals surface area contributed by atoms with Gasteiger partial charge in [-0.05, 0) is 49.9 Å². The van der Waals surface area contributed by atoms with E-state index >= 15 is 0 Å². The van der Waals surface area contributed by atoms with Crippen molar-refractivity contribution in [3.05, 3.63) is 29.3 Å². The summed E-state index contributed by atoms with van der Waals surface area (Å²) in [6.45, 7) is 3.76. The number of benzene rings is 1. The van der Waals surface area contributed by atoms with Crippen molar-refractivity contribution in [2.45, 2.75) is 25.8 Å². The summed E-state index contributed by atoms with van der Waals surface area (Å²) < 4.78 is 1.05. The number of aromatic hydroxyl groups is 1. The molecule has 0 amide bonds. The third-order valence-electron chi connectivity index (χ3n) is 4.39. The van der Waals surface area contributed by atoms with Crippen LogP contribution >= 0.6 is 11.3 Å². The number of fused-ring (bicyclic) bond motifs is 1. The van der Waals surface area contributed by atoms with E-state index in [1.165, 1.54) is 12.8 Å². The van der Waals surface area contributed by atoms with E-state index in [0.717, 1.165) is 28.9 Å². The highest BCUT2D eigenvalue weighted by atomic mass is 32.1. The van der Waals surface area contributed by atoms with E-state index in [2.05, 4.69) is 25.8 Å². The molecule has 0 radical (unpaired) electrons. The smallest absolute Gasteiger partial charge is 0.243 e. The average molecular weight is 341 g/mol. The molecule has 0 bridgehead atoms. The molecular weight excluding hydrogens is 322 g/mol. The Kier molecular flexibility index (Phi) is 4.03. The maximum Gasteiger partial charge on any atom is 0.243 e. The van der Waals surface area contributed by atoms with Gasteiger partial charge in [-0.2, -0.15) is 0 Å². The minimum atomic E-state index is 0.240. The Morgan fingerprint density at radius 1 is 1.33 bits per heavy atom. The first-order valence-electron chi connectivity index (χ1n) is 8.10. The van der Waals surface area contributed by atoms with Gasteiger partial charge in [0.2, 0.25) is 5.95 Å². The molecule has 6 nitrogen and oxygen atoms in total. The Labute approximate surface area is 144 Å². The zero-order valence-electron chi connectivity index (χ0n) is 13.4. The Bertz CT molecular complexity index is 873. The number of aryl methyl sites for hydroxylation is 1. The van der Waals surface area contributed by atoms with Crippen LogP contribution in [0.25, 0.3) is 21.3 Å². The lowest BCUT2D eigenvalue weighted by atomic mass is 10.1. The van der Waals surface area contributed by atoms with Crippen LogP contribution in [-0.2, 0) is 0 Å². The number of phenolic OH excluding ortho intramolecular Hbond substituents is 1. The van der Waals surface area contributed by atoms with Gasteiger partial charge in [-0.15, -0.1) is 21.5 Å². The van der Waals surface area contributed by atoms with E-state index in [1.807, 2.05) is 30.5 Å². The topological polar surface area (TPSA) is 83.0 Å². The predicted octanol–water partition coefficient (Wildman–Crippen LogP) is 2.93. The molecule has 2 aromatic heterocycles. The standard InChI is InChI=1S/C17H19N5OS/c1-10-15(13-4-5-14-12(16(13)23)6-8-24-14)21-22-17(20-10)19-9-11-3-2-7-18-11/h4-6,8,11,18,23H,2-3,7,9H2,1H3,(H,19,20,22)/t11-/m0/s1. The fourth-order valence-corrected chi connectivity index (χ4v) is 3.88. The van der Waals surface area contributed by atoms with Crippen LogP contribution in [0.1, 0.15) is 18.5 Å². The lowest BCUT2D eigenvalue weighted by Crippen LogP contribution is -2.29. The number of hydrogen-bond donors (Lipinski definition) is 3. The van der Waals surface area contributed by atoms with Crippen molar-refractivity contribution in [1.82, 2.24) is 20.5 Å². The van der Waals surface area contributed by atoms with Crippen LogP contribution in [0.5, 0.6) is 5.75 Å². The van der Waals surface area contributed by atoms with E-state index in [4.69, 9.17) is 0 Å². The summed E-state index contributed by atoms with van der Waals surface area (Å²) in [7, 11) is 0. The van der Waals surface area contributed by atoms with Gasteiger partial charge in [0.15, 0.2) is 0 Å².